The van der Waals surface area contributed by atoms with Crippen LogP contribution in [-0.2, 0) is 9.59 Å². The number of amides is 3. The fourth-order valence-electron chi connectivity index (χ4n) is 5.35. The van der Waals surface area contributed by atoms with Crippen LogP contribution in [0.25, 0.3) is 0 Å². The summed E-state index contributed by atoms with van der Waals surface area (Å²) in [6.45, 7) is 0. The number of alkyl halides is 2. The molecule has 3 amide bonds. The highest BCUT2D eigenvalue weighted by atomic mass is 79.9. The Kier molecular flexibility index (Phi) is 5.17. The molecule has 8 heteroatoms. The average molecular weight is 548 g/mol. The number of nitrogens with zero attached hydrogens (tertiary/aromatic N) is 1. The maximum Gasteiger partial charge on any atom is 0.257 e. The number of methoxy groups -OCH3 is 1. The summed E-state index contributed by atoms with van der Waals surface area (Å²) in [5.74, 6) is -0.581. The van der Waals surface area contributed by atoms with Gasteiger partial charge in [-0.05, 0) is 42.5 Å². The molecule has 2 aromatic rings. The summed E-state index contributed by atoms with van der Waals surface area (Å²) in [6, 6.07) is 13.8. The van der Waals surface area contributed by atoms with Crippen molar-refractivity contribution < 1.29 is 19.1 Å². The van der Waals surface area contributed by atoms with E-state index in [1.807, 2.05) is 0 Å². The molecule has 0 aromatic heterocycles. The van der Waals surface area contributed by atoms with Crippen molar-refractivity contribution in [2.75, 3.05) is 17.3 Å². The number of hydrogen-bond acceptors (Lipinski definition) is 4. The minimum Gasteiger partial charge on any atom is -0.497 e. The normalized spacial score (nSPS) is 31.1. The molecule has 0 radical (unpaired) electrons. The van der Waals surface area contributed by atoms with Gasteiger partial charge in [0.25, 0.3) is 5.91 Å². The van der Waals surface area contributed by atoms with Crippen LogP contribution in [-0.4, -0.2) is 34.5 Å². The van der Waals surface area contributed by atoms with Gasteiger partial charge in [0.05, 0.1) is 30.2 Å². The van der Waals surface area contributed by atoms with Crippen molar-refractivity contribution in [2.45, 2.75) is 16.1 Å². The highest BCUT2D eigenvalue weighted by Crippen LogP contribution is 2.60. The van der Waals surface area contributed by atoms with E-state index in [0.717, 1.165) is 6.42 Å². The number of hydrogen-bond donors (Lipinski definition) is 1. The third-order valence-electron chi connectivity index (χ3n) is 6.70. The van der Waals surface area contributed by atoms with Gasteiger partial charge in [-0.25, -0.2) is 4.90 Å². The first kappa shape index (κ1) is 20.7. The zero-order valence-electron chi connectivity index (χ0n) is 16.6. The number of carbonyl (C=O) groups is 3. The van der Waals surface area contributed by atoms with E-state index in [1.54, 1.807) is 55.6 Å². The van der Waals surface area contributed by atoms with Crippen molar-refractivity contribution in [3.8, 4) is 5.75 Å². The van der Waals surface area contributed by atoms with Gasteiger partial charge in [-0.3, -0.25) is 14.4 Å². The van der Waals surface area contributed by atoms with E-state index in [9.17, 15) is 14.4 Å². The minimum atomic E-state index is -0.388. The molecule has 6 atom stereocenters. The van der Waals surface area contributed by atoms with E-state index in [1.165, 1.54) is 4.90 Å². The summed E-state index contributed by atoms with van der Waals surface area (Å²) < 4.78 is 5.20. The van der Waals surface area contributed by atoms with Gasteiger partial charge in [-0.15, -0.1) is 0 Å². The van der Waals surface area contributed by atoms with Crippen molar-refractivity contribution in [1.29, 1.82) is 0 Å². The molecular weight excluding hydrogens is 528 g/mol. The van der Waals surface area contributed by atoms with Crippen LogP contribution in [0.5, 0.6) is 5.75 Å². The third kappa shape index (κ3) is 3.14. The average Bonchev–Trinajstić information content (AvgIpc) is 3.38. The van der Waals surface area contributed by atoms with Gasteiger partial charge in [0.15, 0.2) is 0 Å². The van der Waals surface area contributed by atoms with Crippen LogP contribution in [0, 0.1) is 23.7 Å². The molecule has 160 valence electrons. The first-order valence-corrected chi connectivity index (χ1v) is 12.0. The number of imide groups is 1. The highest BCUT2D eigenvalue weighted by molar-refractivity contribution is 9.12. The second-order valence-corrected chi connectivity index (χ2v) is 10.3. The van der Waals surface area contributed by atoms with E-state index in [2.05, 4.69) is 37.2 Å². The van der Waals surface area contributed by atoms with Crippen molar-refractivity contribution in [1.82, 2.24) is 0 Å². The predicted octanol–water partition coefficient (Wildman–Crippen LogP) is 4.23. The summed E-state index contributed by atoms with van der Waals surface area (Å²) in [5.41, 5.74) is 1.19. The first-order chi connectivity index (χ1) is 14.9. The number of ether oxygens (including phenoxy) is 1. The molecule has 1 aliphatic heterocycles. The molecule has 2 aromatic carbocycles. The van der Waals surface area contributed by atoms with E-state index in [0.29, 0.717) is 17.1 Å². The molecular formula is C23H20Br2N2O4. The first-order valence-electron chi connectivity index (χ1n) is 10.1. The second-order valence-electron chi connectivity index (χ2n) is 8.22. The Balaban J connectivity index is 1.46. The quantitative estimate of drug-likeness (QED) is 0.459. The molecule has 1 saturated heterocycles. The zero-order chi connectivity index (χ0) is 21.9. The Morgan fingerprint density at radius 2 is 1.65 bits per heavy atom. The van der Waals surface area contributed by atoms with E-state index < -0.39 is 0 Å². The lowest BCUT2D eigenvalue weighted by atomic mass is 9.81. The summed E-state index contributed by atoms with van der Waals surface area (Å²) >= 11 is 7.41. The van der Waals surface area contributed by atoms with E-state index in [-0.39, 0.29) is 56.6 Å². The smallest absolute Gasteiger partial charge is 0.257 e. The van der Waals surface area contributed by atoms with Crippen molar-refractivity contribution in [3.63, 3.8) is 0 Å². The number of anilines is 2. The van der Waals surface area contributed by atoms with Crippen molar-refractivity contribution in [3.05, 3.63) is 54.1 Å². The lowest BCUT2D eigenvalue weighted by Crippen LogP contribution is -2.37. The SMILES string of the molecule is COc1cccc(NC(=O)c2ccccc2N2C(=O)[C@@H]3[C@H]4C[C@@H]([C@H](Br)[C@@H]4Br)[C@@H]3C2=O)c1. The molecule has 5 rings (SSSR count). The van der Waals surface area contributed by atoms with Crippen LogP contribution in [0.1, 0.15) is 16.8 Å². The number of benzene rings is 2. The lowest BCUT2D eigenvalue weighted by Gasteiger charge is -2.28. The van der Waals surface area contributed by atoms with Gasteiger partial charge in [-0.1, -0.05) is 50.1 Å². The van der Waals surface area contributed by atoms with Crippen LogP contribution >= 0.6 is 31.9 Å². The topological polar surface area (TPSA) is 75.7 Å². The molecule has 31 heavy (non-hydrogen) atoms. The third-order valence-corrected chi connectivity index (χ3v) is 9.91. The molecule has 1 heterocycles. The van der Waals surface area contributed by atoms with Crippen molar-refractivity contribution >= 4 is 61.0 Å². The van der Waals surface area contributed by atoms with Crippen LogP contribution in [0.4, 0.5) is 11.4 Å². The fourth-order valence-corrected chi connectivity index (χ4v) is 7.22. The second kappa shape index (κ2) is 7.74. The number of fused-ring (bicyclic) bond motifs is 5. The molecule has 3 aliphatic rings. The molecule has 3 fully saturated rings. The monoisotopic (exact) mass is 546 g/mol. The lowest BCUT2D eigenvalue weighted by molar-refractivity contribution is -0.123. The van der Waals surface area contributed by atoms with Crippen LogP contribution in [0.3, 0.4) is 0 Å². The van der Waals surface area contributed by atoms with Gasteiger partial charge in [0.1, 0.15) is 5.75 Å². The molecule has 0 unspecified atom stereocenters. The van der Waals surface area contributed by atoms with Gasteiger partial charge >= 0.3 is 0 Å². The number of para-hydroxylation sites is 1. The zero-order valence-corrected chi connectivity index (χ0v) is 19.8. The number of nitrogens with one attached hydrogen (secondary N) is 1. The highest BCUT2D eigenvalue weighted by Gasteiger charge is 2.66. The number of carbonyl (C=O) groups excluding carboxylic acids is 3. The van der Waals surface area contributed by atoms with Gasteiger partial charge in [0, 0.05) is 21.4 Å². The Labute approximate surface area is 196 Å². The van der Waals surface area contributed by atoms with Gasteiger partial charge in [-0.2, -0.15) is 0 Å². The van der Waals surface area contributed by atoms with Gasteiger partial charge < -0.3 is 10.1 Å². The number of rotatable bonds is 4. The Morgan fingerprint density at radius 3 is 2.29 bits per heavy atom. The molecule has 2 aliphatic carbocycles. The minimum absolute atomic E-state index is 0.124. The van der Waals surface area contributed by atoms with Crippen LogP contribution < -0.4 is 15.0 Å². The molecule has 6 nitrogen and oxygen atoms in total. The Bertz CT molecular complexity index is 1060. The molecule has 1 N–H and O–H groups in total. The summed E-state index contributed by atoms with van der Waals surface area (Å²) in [6.07, 6.45) is 0.866. The van der Waals surface area contributed by atoms with E-state index in [4.69, 9.17) is 4.74 Å². The van der Waals surface area contributed by atoms with Crippen LogP contribution in [0.2, 0.25) is 0 Å². The Hall–Kier alpha value is -2.19. The fraction of sp³-hybridized carbons (Fsp3) is 0.348. The molecule has 0 spiro atoms. The van der Waals surface area contributed by atoms with E-state index >= 15 is 0 Å². The maximum atomic E-state index is 13.4. The van der Waals surface area contributed by atoms with Crippen LogP contribution in [0.15, 0.2) is 48.5 Å². The predicted molar refractivity (Wildman–Crippen MR) is 124 cm³/mol. The molecule has 2 bridgehead atoms. The summed E-state index contributed by atoms with van der Waals surface area (Å²) in [7, 11) is 1.56. The van der Waals surface area contributed by atoms with Gasteiger partial charge in [0.2, 0.25) is 11.8 Å². The Morgan fingerprint density at radius 1 is 1.00 bits per heavy atom. The summed E-state index contributed by atoms with van der Waals surface area (Å²) in [5, 5.41) is 2.84. The molecule has 2 saturated carbocycles. The van der Waals surface area contributed by atoms with Crippen molar-refractivity contribution in [2.24, 2.45) is 23.7 Å². The maximum absolute atomic E-state index is 13.4. The summed E-state index contributed by atoms with van der Waals surface area (Å²) in [4.78, 5) is 41.4. The standard InChI is InChI=1S/C23H20Br2N2O4/c1-31-12-6-4-5-11(9-12)26-21(28)13-7-2-3-8-16(13)27-22(29)17-14-10-15(18(17)23(27)30)20(25)19(14)24/h2-9,14-15,17-20H,10H2,1H3,(H,26,28)/t14-,15-,17-,18+,19-,20+/m1/s1. The largest absolute Gasteiger partial charge is 0.497 e. The number of halogens is 2.